The Morgan fingerprint density at radius 3 is 2.62 bits per heavy atom. The van der Waals surface area contributed by atoms with Crippen LogP contribution in [0.4, 0.5) is 5.95 Å². The molecule has 0 saturated heterocycles. The molecule has 0 radical (unpaired) electrons. The van der Waals surface area contributed by atoms with Crippen molar-refractivity contribution in [3.05, 3.63) is 34.9 Å². The zero-order valence-electron chi connectivity index (χ0n) is 11.5. The van der Waals surface area contributed by atoms with Crippen molar-refractivity contribution in [3.8, 4) is 11.3 Å². The average molecular weight is 349 g/mol. The summed E-state index contributed by atoms with van der Waals surface area (Å²) in [5, 5.41) is 21.4. The fourth-order valence-electron chi connectivity index (χ4n) is 2.60. The van der Waals surface area contributed by atoms with Crippen LogP contribution in [-0.4, -0.2) is 32.4 Å². The zero-order valence-corrected chi connectivity index (χ0v) is 13.1. The molecule has 0 spiro atoms. The van der Waals surface area contributed by atoms with E-state index in [0.29, 0.717) is 10.6 Å². The zero-order chi connectivity index (χ0) is 14.7. The van der Waals surface area contributed by atoms with Gasteiger partial charge in [-0.05, 0) is 28.8 Å². The number of aliphatic hydroxyl groups is 1. The minimum absolute atomic E-state index is 0.00495. The van der Waals surface area contributed by atoms with Crippen LogP contribution in [0, 0.1) is 0 Å². The number of halogens is 1. The lowest BCUT2D eigenvalue weighted by atomic mass is 9.93. The third-order valence-corrected chi connectivity index (χ3v) is 4.27. The topological polar surface area (TPSA) is 70.9 Å². The van der Waals surface area contributed by atoms with Gasteiger partial charge >= 0.3 is 0 Å². The molecule has 2 aromatic rings. The van der Waals surface area contributed by atoms with Crippen molar-refractivity contribution in [2.75, 3.05) is 5.32 Å². The van der Waals surface area contributed by atoms with Gasteiger partial charge in [0.15, 0.2) is 4.60 Å². The lowest BCUT2D eigenvalue weighted by molar-refractivity contribution is 0.116. The van der Waals surface area contributed by atoms with E-state index in [1.165, 1.54) is 0 Å². The van der Waals surface area contributed by atoms with E-state index in [1.807, 2.05) is 30.3 Å². The van der Waals surface area contributed by atoms with Crippen molar-refractivity contribution in [3.63, 3.8) is 0 Å². The van der Waals surface area contributed by atoms with E-state index in [1.54, 1.807) is 0 Å². The summed E-state index contributed by atoms with van der Waals surface area (Å²) in [5.41, 5.74) is 1.73. The summed E-state index contributed by atoms with van der Waals surface area (Å²) >= 11 is 3.39. The smallest absolute Gasteiger partial charge is 0.243 e. The summed E-state index contributed by atoms with van der Waals surface area (Å²) in [6, 6.07) is 9.85. The number of aromatic nitrogens is 3. The lowest BCUT2D eigenvalue weighted by Gasteiger charge is -2.28. The Hall–Kier alpha value is -1.53. The van der Waals surface area contributed by atoms with Crippen molar-refractivity contribution < 1.29 is 5.11 Å². The Morgan fingerprint density at radius 2 is 1.86 bits per heavy atom. The van der Waals surface area contributed by atoms with Gasteiger partial charge < -0.3 is 10.4 Å². The molecule has 0 bridgehead atoms. The van der Waals surface area contributed by atoms with Gasteiger partial charge in [0, 0.05) is 5.56 Å². The predicted octanol–water partition coefficient (Wildman–Crippen LogP) is 3.02. The van der Waals surface area contributed by atoms with Crippen LogP contribution < -0.4 is 5.32 Å². The van der Waals surface area contributed by atoms with E-state index in [0.717, 1.165) is 36.9 Å². The normalized spacial score (nSPS) is 22.0. The van der Waals surface area contributed by atoms with Crippen molar-refractivity contribution in [1.29, 1.82) is 0 Å². The number of rotatable bonds is 3. The Labute approximate surface area is 132 Å². The summed E-state index contributed by atoms with van der Waals surface area (Å²) in [6.45, 7) is 0. The van der Waals surface area contributed by atoms with Gasteiger partial charge in [0.2, 0.25) is 5.95 Å². The van der Waals surface area contributed by atoms with Crippen LogP contribution in [0.1, 0.15) is 25.7 Å². The molecule has 21 heavy (non-hydrogen) atoms. The molecule has 1 fully saturated rings. The molecule has 1 heterocycles. The molecule has 0 amide bonds. The molecule has 1 aliphatic carbocycles. The van der Waals surface area contributed by atoms with E-state index in [2.05, 4.69) is 36.4 Å². The Kier molecular flexibility index (Phi) is 4.45. The van der Waals surface area contributed by atoms with Crippen LogP contribution in [-0.2, 0) is 0 Å². The number of benzene rings is 1. The quantitative estimate of drug-likeness (QED) is 0.891. The molecule has 0 aliphatic heterocycles. The maximum atomic E-state index is 10.0. The third kappa shape index (κ3) is 3.39. The van der Waals surface area contributed by atoms with E-state index >= 15 is 0 Å². The van der Waals surface area contributed by atoms with E-state index in [4.69, 9.17) is 0 Å². The predicted molar refractivity (Wildman–Crippen MR) is 84.8 cm³/mol. The van der Waals surface area contributed by atoms with Gasteiger partial charge in [0.1, 0.15) is 5.69 Å². The summed E-state index contributed by atoms with van der Waals surface area (Å²) in [7, 11) is 0. The first-order valence-corrected chi connectivity index (χ1v) is 7.93. The maximum absolute atomic E-state index is 10.0. The first-order chi connectivity index (χ1) is 10.2. The Balaban J connectivity index is 1.84. The molecule has 1 aliphatic rings. The highest BCUT2D eigenvalue weighted by molar-refractivity contribution is 9.10. The second-order valence-electron chi connectivity index (χ2n) is 5.24. The molecule has 2 N–H and O–H groups in total. The number of hydrogen-bond donors (Lipinski definition) is 2. The average Bonchev–Trinajstić information content (AvgIpc) is 2.52. The van der Waals surface area contributed by atoms with Crippen LogP contribution in [0.2, 0.25) is 0 Å². The first-order valence-electron chi connectivity index (χ1n) is 7.14. The summed E-state index contributed by atoms with van der Waals surface area (Å²) in [4.78, 5) is 4.53. The number of hydrogen-bond acceptors (Lipinski definition) is 5. The summed E-state index contributed by atoms with van der Waals surface area (Å²) in [5.74, 6) is 0.461. The van der Waals surface area contributed by atoms with Crippen LogP contribution in [0.5, 0.6) is 0 Å². The molecule has 2 atom stereocenters. The van der Waals surface area contributed by atoms with Gasteiger partial charge in [0.25, 0.3) is 0 Å². The number of aliphatic hydroxyl groups excluding tert-OH is 1. The van der Waals surface area contributed by atoms with E-state index < -0.39 is 0 Å². The van der Waals surface area contributed by atoms with Gasteiger partial charge in [-0.1, -0.05) is 43.2 Å². The highest BCUT2D eigenvalue weighted by atomic mass is 79.9. The minimum atomic E-state index is -0.342. The monoisotopic (exact) mass is 348 g/mol. The molecule has 1 saturated carbocycles. The van der Waals surface area contributed by atoms with Gasteiger partial charge in [-0.2, -0.15) is 0 Å². The molecular weight excluding hydrogens is 332 g/mol. The van der Waals surface area contributed by atoms with E-state index in [9.17, 15) is 5.11 Å². The molecule has 0 unspecified atom stereocenters. The first kappa shape index (κ1) is 14.4. The van der Waals surface area contributed by atoms with Gasteiger partial charge in [-0.25, -0.2) is 4.98 Å². The fraction of sp³-hybridized carbons (Fsp3) is 0.400. The molecule has 5 nitrogen and oxygen atoms in total. The number of nitrogens with one attached hydrogen (secondary N) is 1. The second kappa shape index (κ2) is 6.49. The maximum Gasteiger partial charge on any atom is 0.243 e. The van der Waals surface area contributed by atoms with Crippen LogP contribution >= 0.6 is 15.9 Å². The number of anilines is 1. The SMILES string of the molecule is O[C@@H]1CCCC[C@H]1Nc1nnc(Br)c(-c2ccccc2)n1. The van der Waals surface area contributed by atoms with Crippen LogP contribution in [0.3, 0.4) is 0 Å². The highest BCUT2D eigenvalue weighted by Crippen LogP contribution is 2.26. The van der Waals surface area contributed by atoms with Crippen molar-refractivity contribution in [2.45, 2.75) is 37.8 Å². The molecule has 110 valence electrons. The van der Waals surface area contributed by atoms with Gasteiger partial charge in [0.05, 0.1) is 12.1 Å². The Morgan fingerprint density at radius 1 is 1.10 bits per heavy atom. The highest BCUT2D eigenvalue weighted by Gasteiger charge is 2.24. The van der Waals surface area contributed by atoms with Gasteiger partial charge in [-0.3, -0.25) is 0 Å². The minimum Gasteiger partial charge on any atom is -0.391 e. The second-order valence-corrected chi connectivity index (χ2v) is 5.99. The molecular formula is C15H17BrN4O. The van der Waals surface area contributed by atoms with Crippen molar-refractivity contribution >= 4 is 21.9 Å². The van der Waals surface area contributed by atoms with E-state index in [-0.39, 0.29) is 12.1 Å². The van der Waals surface area contributed by atoms with Gasteiger partial charge in [-0.15, -0.1) is 10.2 Å². The standard InChI is InChI=1S/C15H17BrN4O/c16-14-13(10-6-2-1-3-7-10)18-15(20-19-14)17-11-8-4-5-9-12(11)21/h1-3,6-7,11-12,21H,4-5,8-9H2,(H,17,18,20)/t11-,12-/m1/s1. The Bertz CT molecular complexity index is 608. The largest absolute Gasteiger partial charge is 0.391 e. The molecule has 1 aromatic carbocycles. The van der Waals surface area contributed by atoms with Crippen LogP contribution in [0.15, 0.2) is 34.9 Å². The lowest BCUT2D eigenvalue weighted by Crippen LogP contribution is -2.37. The summed E-state index contributed by atoms with van der Waals surface area (Å²) < 4.78 is 0.614. The number of nitrogens with zero attached hydrogens (tertiary/aromatic N) is 3. The molecule has 6 heteroatoms. The van der Waals surface area contributed by atoms with Crippen LogP contribution in [0.25, 0.3) is 11.3 Å². The fourth-order valence-corrected chi connectivity index (χ4v) is 3.00. The van der Waals surface area contributed by atoms with Crippen molar-refractivity contribution in [2.24, 2.45) is 0 Å². The summed E-state index contributed by atoms with van der Waals surface area (Å²) in [6.07, 6.45) is 3.61. The molecule has 3 rings (SSSR count). The molecule has 1 aromatic heterocycles. The van der Waals surface area contributed by atoms with Crippen molar-refractivity contribution in [1.82, 2.24) is 15.2 Å². The third-order valence-electron chi connectivity index (χ3n) is 3.74.